The van der Waals surface area contributed by atoms with Gasteiger partial charge >= 0.3 is 0 Å². The molecular formula is C25H33N3O4S. The molecule has 0 bridgehead atoms. The van der Waals surface area contributed by atoms with Crippen molar-refractivity contribution in [3.8, 4) is 0 Å². The second-order valence-electron chi connectivity index (χ2n) is 8.93. The summed E-state index contributed by atoms with van der Waals surface area (Å²) < 4.78 is 10.9. The van der Waals surface area contributed by atoms with Crippen molar-refractivity contribution in [2.75, 3.05) is 33.4 Å². The Labute approximate surface area is 198 Å². The summed E-state index contributed by atoms with van der Waals surface area (Å²) in [5, 5.41) is 11.3. The zero-order chi connectivity index (χ0) is 23.2. The number of nitrogens with one attached hydrogen (secondary N) is 1. The van der Waals surface area contributed by atoms with Gasteiger partial charge in [-0.3, -0.25) is 9.69 Å². The third-order valence-corrected chi connectivity index (χ3v) is 7.24. The zero-order valence-electron chi connectivity index (χ0n) is 19.4. The Morgan fingerprint density at radius 3 is 2.94 bits per heavy atom. The van der Waals surface area contributed by atoms with Crippen molar-refractivity contribution in [3.63, 3.8) is 0 Å². The van der Waals surface area contributed by atoms with Gasteiger partial charge in [0.1, 0.15) is 10.7 Å². The Kier molecular flexibility index (Phi) is 8.27. The highest BCUT2D eigenvalue weighted by atomic mass is 32.1. The first-order valence-corrected chi connectivity index (χ1v) is 12.4. The van der Waals surface area contributed by atoms with Crippen LogP contribution < -0.4 is 5.56 Å². The molecular weight excluding hydrogens is 438 g/mol. The zero-order valence-corrected chi connectivity index (χ0v) is 20.2. The molecule has 178 valence electrons. The SMILES string of the molecule is COCCN(Cc1nc2sc3c(c2c(=O)[nH]1)CC[C@@H](C)C3)C[C@@H](O)COCc1ccccc1. The quantitative estimate of drug-likeness (QED) is 0.447. The standard InChI is InChI=1S/C25H33N3O4S/c1-17-8-9-20-21(12-17)33-25-23(20)24(30)26-22(27-25)14-28(10-11-31-2)13-19(29)16-32-15-18-6-4-3-5-7-18/h3-7,17,19,29H,8-16H2,1-2H3,(H,26,27,30)/t17-,19-/m1/s1. The van der Waals surface area contributed by atoms with Crippen LogP contribution in [0, 0.1) is 5.92 Å². The number of aryl methyl sites for hydroxylation is 1. The molecule has 0 amide bonds. The van der Waals surface area contributed by atoms with Crippen molar-refractivity contribution in [3.05, 3.63) is 62.5 Å². The van der Waals surface area contributed by atoms with Crippen LogP contribution in [0.5, 0.6) is 0 Å². The number of aromatic nitrogens is 2. The molecule has 0 saturated carbocycles. The van der Waals surface area contributed by atoms with Gasteiger partial charge in [0.15, 0.2) is 0 Å². The fraction of sp³-hybridized carbons (Fsp3) is 0.520. The van der Waals surface area contributed by atoms with Gasteiger partial charge in [0.05, 0.1) is 37.9 Å². The number of aliphatic hydroxyl groups is 1. The normalized spacial score (nSPS) is 16.9. The predicted octanol–water partition coefficient (Wildman–Crippen LogP) is 3.14. The summed E-state index contributed by atoms with van der Waals surface area (Å²) in [5.74, 6) is 1.27. The number of H-pyrrole nitrogens is 1. The number of hydrogen-bond donors (Lipinski definition) is 2. The second kappa shape index (κ2) is 11.4. The Balaban J connectivity index is 1.41. The lowest BCUT2D eigenvalue weighted by Gasteiger charge is -2.24. The fourth-order valence-electron chi connectivity index (χ4n) is 4.37. The minimum atomic E-state index is -0.656. The number of ether oxygens (including phenoxy) is 2. The lowest BCUT2D eigenvalue weighted by molar-refractivity contribution is 0.00437. The first-order chi connectivity index (χ1) is 16.0. The van der Waals surface area contributed by atoms with Gasteiger partial charge in [-0.25, -0.2) is 4.98 Å². The van der Waals surface area contributed by atoms with Crippen LogP contribution in [0.25, 0.3) is 10.2 Å². The van der Waals surface area contributed by atoms with Crippen LogP contribution in [-0.4, -0.2) is 59.5 Å². The number of methoxy groups -OCH3 is 1. The van der Waals surface area contributed by atoms with Gasteiger partial charge in [-0.1, -0.05) is 37.3 Å². The highest BCUT2D eigenvalue weighted by Crippen LogP contribution is 2.35. The molecule has 1 aliphatic carbocycles. The van der Waals surface area contributed by atoms with E-state index in [4.69, 9.17) is 14.5 Å². The molecule has 2 N–H and O–H groups in total. The van der Waals surface area contributed by atoms with Gasteiger partial charge < -0.3 is 19.6 Å². The topological polar surface area (TPSA) is 87.7 Å². The summed E-state index contributed by atoms with van der Waals surface area (Å²) >= 11 is 1.66. The largest absolute Gasteiger partial charge is 0.389 e. The average molecular weight is 472 g/mol. The van der Waals surface area contributed by atoms with Crippen LogP contribution in [0.2, 0.25) is 0 Å². The van der Waals surface area contributed by atoms with E-state index >= 15 is 0 Å². The van der Waals surface area contributed by atoms with Crippen molar-refractivity contribution >= 4 is 21.6 Å². The van der Waals surface area contributed by atoms with E-state index in [1.807, 2.05) is 35.2 Å². The predicted molar refractivity (Wildman–Crippen MR) is 131 cm³/mol. The molecule has 1 aromatic carbocycles. The Hall–Kier alpha value is -2.10. The molecule has 0 fully saturated rings. The summed E-state index contributed by atoms with van der Waals surface area (Å²) in [5.41, 5.74) is 2.21. The number of thiophene rings is 1. The van der Waals surface area contributed by atoms with Gasteiger partial charge in [-0.05, 0) is 36.3 Å². The third-order valence-electron chi connectivity index (χ3n) is 6.09. The summed E-state index contributed by atoms with van der Waals surface area (Å²) in [6.07, 6.45) is 2.45. The van der Waals surface area contributed by atoms with Crippen LogP contribution in [0.1, 0.15) is 35.2 Å². The van der Waals surface area contributed by atoms with Crippen LogP contribution in [0.15, 0.2) is 35.1 Å². The molecule has 0 unspecified atom stereocenters. The van der Waals surface area contributed by atoms with Crippen molar-refractivity contribution in [1.29, 1.82) is 0 Å². The van der Waals surface area contributed by atoms with Crippen molar-refractivity contribution in [2.24, 2.45) is 5.92 Å². The van der Waals surface area contributed by atoms with E-state index in [9.17, 15) is 9.90 Å². The molecule has 0 aliphatic heterocycles. The summed E-state index contributed by atoms with van der Waals surface area (Å²) in [4.78, 5) is 24.9. The minimum absolute atomic E-state index is 0.0551. The maximum absolute atomic E-state index is 12.9. The number of fused-ring (bicyclic) bond motifs is 3. The summed E-state index contributed by atoms with van der Waals surface area (Å²) in [7, 11) is 1.65. The molecule has 0 spiro atoms. The minimum Gasteiger partial charge on any atom is -0.389 e. The first-order valence-electron chi connectivity index (χ1n) is 11.6. The van der Waals surface area contributed by atoms with E-state index in [1.54, 1.807) is 18.4 Å². The molecule has 3 aromatic rings. The van der Waals surface area contributed by atoms with E-state index < -0.39 is 6.10 Å². The van der Waals surface area contributed by atoms with Crippen LogP contribution >= 0.6 is 11.3 Å². The number of rotatable bonds is 11. The number of hydrogen-bond acceptors (Lipinski definition) is 7. The van der Waals surface area contributed by atoms with Gasteiger partial charge in [0.2, 0.25) is 0 Å². The Bertz CT molecular complexity index is 1100. The number of nitrogens with zero attached hydrogens (tertiary/aromatic N) is 2. The molecule has 7 nitrogen and oxygen atoms in total. The van der Waals surface area contributed by atoms with E-state index in [2.05, 4.69) is 11.9 Å². The maximum atomic E-state index is 12.9. The molecule has 1 aliphatic rings. The van der Waals surface area contributed by atoms with Crippen LogP contribution in [0.4, 0.5) is 0 Å². The highest BCUT2D eigenvalue weighted by molar-refractivity contribution is 7.18. The smallest absolute Gasteiger partial charge is 0.259 e. The Morgan fingerprint density at radius 1 is 1.33 bits per heavy atom. The lowest BCUT2D eigenvalue weighted by atomic mass is 9.89. The molecule has 2 atom stereocenters. The maximum Gasteiger partial charge on any atom is 0.259 e. The number of aromatic amines is 1. The number of benzene rings is 1. The van der Waals surface area contributed by atoms with Crippen molar-refractivity contribution in [1.82, 2.24) is 14.9 Å². The van der Waals surface area contributed by atoms with E-state index in [1.165, 1.54) is 10.4 Å². The van der Waals surface area contributed by atoms with E-state index in [-0.39, 0.29) is 12.2 Å². The van der Waals surface area contributed by atoms with E-state index in [0.717, 1.165) is 35.0 Å². The molecule has 8 heteroatoms. The summed E-state index contributed by atoms with van der Waals surface area (Å²) in [6, 6.07) is 9.90. The van der Waals surface area contributed by atoms with Crippen LogP contribution in [-0.2, 0) is 35.5 Å². The lowest BCUT2D eigenvalue weighted by Crippen LogP contribution is -2.37. The number of aliphatic hydroxyl groups excluding tert-OH is 1. The fourth-order valence-corrected chi connectivity index (χ4v) is 5.78. The van der Waals surface area contributed by atoms with Gasteiger partial charge in [-0.15, -0.1) is 11.3 Å². The van der Waals surface area contributed by atoms with Gasteiger partial charge in [0, 0.05) is 25.1 Å². The van der Waals surface area contributed by atoms with Crippen molar-refractivity contribution in [2.45, 2.75) is 45.4 Å². The molecule has 0 saturated heterocycles. The third kappa shape index (κ3) is 6.28. The molecule has 4 rings (SSSR count). The molecule has 33 heavy (non-hydrogen) atoms. The van der Waals surface area contributed by atoms with Gasteiger partial charge in [-0.2, -0.15) is 0 Å². The second-order valence-corrected chi connectivity index (χ2v) is 10.0. The molecule has 0 radical (unpaired) electrons. The summed E-state index contributed by atoms with van der Waals surface area (Å²) in [6.45, 7) is 4.93. The van der Waals surface area contributed by atoms with Gasteiger partial charge in [0.25, 0.3) is 5.56 Å². The van der Waals surface area contributed by atoms with E-state index in [0.29, 0.717) is 44.6 Å². The monoisotopic (exact) mass is 471 g/mol. The first kappa shape index (κ1) is 24.0. The van der Waals surface area contributed by atoms with Crippen LogP contribution in [0.3, 0.4) is 0 Å². The molecule has 2 heterocycles. The highest BCUT2D eigenvalue weighted by Gasteiger charge is 2.23. The Morgan fingerprint density at radius 2 is 2.15 bits per heavy atom. The molecule has 2 aromatic heterocycles. The average Bonchev–Trinajstić information content (AvgIpc) is 3.16. The van der Waals surface area contributed by atoms with Crippen molar-refractivity contribution < 1.29 is 14.6 Å².